The van der Waals surface area contributed by atoms with Crippen LogP contribution in [0.2, 0.25) is 0 Å². The molecular weight excluding hydrogens is 384 g/mol. The van der Waals surface area contributed by atoms with Gasteiger partial charge in [0.25, 0.3) is 5.91 Å². The van der Waals surface area contributed by atoms with Crippen molar-refractivity contribution in [2.75, 3.05) is 25.2 Å². The number of hydrogen-bond donors (Lipinski definition) is 0. The van der Waals surface area contributed by atoms with Crippen LogP contribution in [0.25, 0.3) is 6.08 Å². The zero-order chi connectivity index (χ0) is 21.2. The van der Waals surface area contributed by atoms with Gasteiger partial charge < -0.3 is 19.1 Å². The van der Waals surface area contributed by atoms with Gasteiger partial charge >= 0.3 is 12.6 Å². The Bertz CT molecular complexity index is 855. The van der Waals surface area contributed by atoms with E-state index in [0.717, 1.165) is 6.08 Å². The summed E-state index contributed by atoms with van der Waals surface area (Å²) >= 11 is 0. The molecule has 0 aromatic heterocycles. The van der Waals surface area contributed by atoms with Gasteiger partial charge in [0.2, 0.25) is 0 Å². The zero-order valence-electron chi connectivity index (χ0n) is 16.0. The first kappa shape index (κ1) is 21.9. The molecule has 8 heteroatoms. The normalized spacial score (nSPS) is 10.8. The minimum atomic E-state index is -2.97. The van der Waals surface area contributed by atoms with Gasteiger partial charge in [-0.1, -0.05) is 24.3 Å². The summed E-state index contributed by atoms with van der Waals surface area (Å²) in [5.41, 5.74) is 1.19. The van der Waals surface area contributed by atoms with Crippen molar-refractivity contribution in [3.05, 3.63) is 60.2 Å². The third kappa shape index (κ3) is 6.91. The summed E-state index contributed by atoms with van der Waals surface area (Å²) in [4.78, 5) is 25.3. The fourth-order valence-electron chi connectivity index (χ4n) is 2.33. The van der Waals surface area contributed by atoms with Crippen LogP contribution in [-0.2, 0) is 14.3 Å². The summed E-state index contributed by atoms with van der Waals surface area (Å²) in [6.07, 6.45) is 2.55. The van der Waals surface area contributed by atoms with Crippen LogP contribution in [0, 0.1) is 0 Å². The summed E-state index contributed by atoms with van der Waals surface area (Å²) < 4.78 is 39.5. The van der Waals surface area contributed by atoms with Gasteiger partial charge in [-0.2, -0.15) is 8.78 Å². The number of nitrogens with zero attached hydrogens (tertiary/aromatic N) is 1. The second-order valence-electron chi connectivity index (χ2n) is 5.75. The highest BCUT2D eigenvalue weighted by Gasteiger charge is 2.13. The topological polar surface area (TPSA) is 65.1 Å². The molecule has 154 valence electrons. The predicted octanol–water partition coefficient (Wildman–Crippen LogP) is 3.91. The molecule has 0 saturated carbocycles. The van der Waals surface area contributed by atoms with E-state index in [-0.39, 0.29) is 24.0 Å². The maximum atomic E-state index is 12.4. The summed E-state index contributed by atoms with van der Waals surface area (Å²) in [6, 6.07) is 13.2. The van der Waals surface area contributed by atoms with Gasteiger partial charge in [-0.05, 0) is 42.8 Å². The molecule has 2 rings (SSSR count). The van der Waals surface area contributed by atoms with Gasteiger partial charge in [0.1, 0.15) is 0 Å². The molecule has 1 amide bonds. The van der Waals surface area contributed by atoms with E-state index in [1.165, 1.54) is 29.2 Å². The summed E-state index contributed by atoms with van der Waals surface area (Å²) in [7, 11) is 1.58. The lowest BCUT2D eigenvalue weighted by atomic mass is 10.2. The van der Waals surface area contributed by atoms with Gasteiger partial charge in [0.05, 0.1) is 6.61 Å². The second-order valence-corrected chi connectivity index (χ2v) is 5.75. The van der Waals surface area contributed by atoms with Crippen molar-refractivity contribution < 1.29 is 32.6 Å². The summed E-state index contributed by atoms with van der Waals surface area (Å²) in [6.45, 7) is -1.43. The minimum absolute atomic E-state index is 0.101. The van der Waals surface area contributed by atoms with Crippen LogP contribution < -0.4 is 14.4 Å². The highest BCUT2D eigenvalue weighted by molar-refractivity contribution is 5.96. The Balaban J connectivity index is 1.94. The zero-order valence-corrected chi connectivity index (χ0v) is 16.0. The molecule has 0 aliphatic rings. The standard InChI is InChI=1S/C21H21F2NO5/c1-3-27-18-13-15(9-11-17(18)29-21(22)23)10-12-20(26)28-14-19(25)24(2)16-7-5-4-6-8-16/h4-13,21H,3,14H2,1-2H3/b12-10+. The number of anilines is 1. The van der Waals surface area contributed by atoms with Crippen molar-refractivity contribution in [2.24, 2.45) is 0 Å². The number of esters is 1. The van der Waals surface area contributed by atoms with Crippen LogP contribution in [0.15, 0.2) is 54.6 Å². The van der Waals surface area contributed by atoms with Gasteiger partial charge in [0, 0.05) is 18.8 Å². The van der Waals surface area contributed by atoms with Crippen LogP contribution in [-0.4, -0.2) is 38.7 Å². The van der Waals surface area contributed by atoms with Crippen molar-refractivity contribution in [3.8, 4) is 11.5 Å². The molecule has 0 radical (unpaired) electrons. The fourth-order valence-corrected chi connectivity index (χ4v) is 2.33. The van der Waals surface area contributed by atoms with Crippen molar-refractivity contribution in [2.45, 2.75) is 13.5 Å². The molecule has 0 fully saturated rings. The molecule has 0 N–H and O–H groups in total. The third-order valence-electron chi connectivity index (χ3n) is 3.75. The minimum Gasteiger partial charge on any atom is -0.490 e. The van der Waals surface area contributed by atoms with E-state index < -0.39 is 19.2 Å². The lowest BCUT2D eigenvalue weighted by Gasteiger charge is -2.16. The van der Waals surface area contributed by atoms with Crippen molar-refractivity contribution in [1.29, 1.82) is 0 Å². The van der Waals surface area contributed by atoms with Gasteiger partial charge in [-0.3, -0.25) is 4.79 Å². The Morgan fingerprint density at radius 1 is 1.10 bits per heavy atom. The Labute approximate surface area is 167 Å². The molecule has 0 spiro atoms. The molecule has 2 aromatic carbocycles. The number of amides is 1. The van der Waals surface area contributed by atoms with Crippen molar-refractivity contribution in [3.63, 3.8) is 0 Å². The smallest absolute Gasteiger partial charge is 0.387 e. The molecule has 0 saturated heterocycles. The molecule has 29 heavy (non-hydrogen) atoms. The number of hydrogen-bond acceptors (Lipinski definition) is 5. The van der Waals surface area contributed by atoms with E-state index in [0.29, 0.717) is 11.3 Å². The SMILES string of the molecule is CCOc1cc(/C=C/C(=O)OCC(=O)N(C)c2ccccc2)ccc1OC(F)F. The molecule has 0 atom stereocenters. The van der Waals surface area contributed by atoms with E-state index >= 15 is 0 Å². The molecule has 0 heterocycles. The van der Waals surface area contributed by atoms with Gasteiger partial charge in [-0.25, -0.2) is 4.79 Å². The molecular formula is C21H21F2NO5. The predicted molar refractivity (Wildman–Crippen MR) is 104 cm³/mol. The van der Waals surface area contributed by atoms with E-state index in [1.54, 1.807) is 38.2 Å². The molecule has 0 aliphatic heterocycles. The average molecular weight is 405 g/mol. The number of likely N-dealkylation sites (N-methyl/N-ethyl adjacent to an activating group) is 1. The quantitative estimate of drug-likeness (QED) is 0.468. The highest BCUT2D eigenvalue weighted by Crippen LogP contribution is 2.30. The van der Waals surface area contributed by atoms with E-state index in [9.17, 15) is 18.4 Å². The molecule has 6 nitrogen and oxygen atoms in total. The van der Waals surface area contributed by atoms with E-state index in [1.807, 2.05) is 6.07 Å². The fraction of sp³-hybridized carbons (Fsp3) is 0.238. The number of benzene rings is 2. The number of ether oxygens (including phenoxy) is 3. The first-order valence-electron chi connectivity index (χ1n) is 8.78. The molecule has 0 aliphatic carbocycles. The van der Waals surface area contributed by atoms with Crippen molar-refractivity contribution >= 4 is 23.6 Å². The monoisotopic (exact) mass is 405 g/mol. The number of carbonyl (C=O) groups is 2. The highest BCUT2D eigenvalue weighted by atomic mass is 19.3. The van der Waals surface area contributed by atoms with Gasteiger partial charge in [-0.15, -0.1) is 0 Å². The number of rotatable bonds is 9. The Morgan fingerprint density at radius 3 is 2.48 bits per heavy atom. The largest absolute Gasteiger partial charge is 0.490 e. The first-order chi connectivity index (χ1) is 13.9. The van der Waals surface area contributed by atoms with Crippen LogP contribution in [0.5, 0.6) is 11.5 Å². The molecule has 2 aromatic rings. The second kappa shape index (κ2) is 10.8. The Morgan fingerprint density at radius 2 is 1.83 bits per heavy atom. The van der Waals surface area contributed by atoms with Crippen LogP contribution in [0.4, 0.5) is 14.5 Å². The average Bonchev–Trinajstić information content (AvgIpc) is 2.72. The lowest BCUT2D eigenvalue weighted by Crippen LogP contribution is -2.30. The Hall–Kier alpha value is -3.42. The third-order valence-corrected chi connectivity index (χ3v) is 3.75. The number of carbonyl (C=O) groups excluding carboxylic acids is 2. The lowest BCUT2D eigenvalue weighted by molar-refractivity contribution is -0.142. The van der Waals surface area contributed by atoms with E-state index in [2.05, 4.69) is 4.74 Å². The van der Waals surface area contributed by atoms with Crippen molar-refractivity contribution in [1.82, 2.24) is 0 Å². The van der Waals surface area contributed by atoms with Crippen LogP contribution in [0.3, 0.4) is 0 Å². The maximum Gasteiger partial charge on any atom is 0.387 e. The Kier molecular flexibility index (Phi) is 8.14. The van der Waals surface area contributed by atoms with E-state index in [4.69, 9.17) is 9.47 Å². The summed E-state index contributed by atoms with van der Waals surface area (Å²) in [5, 5.41) is 0. The van der Waals surface area contributed by atoms with Crippen LogP contribution >= 0.6 is 0 Å². The molecule has 0 unspecified atom stereocenters. The summed E-state index contributed by atoms with van der Waals surface area (Å²) in [5.74, 6) is -1.07. The first-order valence-corrected chi connectivity index (χ1v) is 8.78. The number of alkyl halides is 2. The number of para-hydroxylation sites is 1. The number of halogens is 2. The van der Waals surface area contributed by atoms with Gasteiger partial charge in [0.15, 0.2) is 18.1 Å². The molecule has 0 bridgehead atoms. The van der Waals surface area contributed by atoms with Crippen LogP contribution in [0.1, 0.15) is 12.5 Å². The maximum absolute atomic E-state index is 12.4.